The van der Waals surface area contributed by atoms with Gasteiger partial charge in [-0.3, -0.25) is 9.59 Å². The van der Waals surface area contributed by atoms with Crippen molar-refractivity contribution in [1.29, 1.82) is 0 Å². The van der Waals surface area contributed by atoms with Gasteiger partial charge in [0.25, 0.3) is 5.91 Å². The highest BCUT2D eigenvalue weighted by molar-refractivity contribution is 6.01. The Labute approximate surface area is 188 Å². The Morgan fingerprint density at radius 3 is 2.50 bits per heavy atom. The molecule has 7 rings (SSSR count). The summed E-state index contributed by atoms with van der Waals surface area (Å²) >= 11 is 0. The minimum Gasteiger partial charge on any atom is -0.334 e. The van der Waals surface area contributed by atoms with Gasteiger partial charge in [0.1, 0.15) is 5.67 Å². The van der Waals surface area contributed by atoms with E-state index in [9.17, 15) is 9.59 Å². The summed E-state index contributed by atoms with van der Waals surface area (Å²) in [7, 11) is 0. The topological polar surface area (TPSA) is 49.4 Å². The van der Waals surface area contributed by atoms with Crippen LogP contribution in [0, 0.1) is 17.3 Å². The molecule has 5 aliphatic rings. The number of nitrogens with one attached hydrogen (secondary N) is 1. The van der Waals surface area contributed by atoms with Crippen LogP contribution >= 0.6 is 0 Å². The van der Waals surface area contributed by atoms with E-state index in [-0.39, 0.29) is 11.8 Å². The number of hydrogen-bond acceptors (Lipinski definition) is 2. The van der Waals surface area contributed by atoms with E-state index in [0.29, 0.717) is 56.2 Å². The maximum atomic E-state index is 15.3. The molecule has 0 radical (unpaired) electrons. The summed E-state index contributed by atoms with van der Waals surface area (Å²) in [5, 5.41) is 3.15. The van der Waals surface area contributed by atoms with Crippen LogP contribution in [-0.2, 0) is 17.8 Å². The predicted molar refractivity (Wildman–Crippen MR) is 121 cm³/mol. The maximum Gasteiger partial charge on any atom is 0.254 e. The fourth-order valence-corrected chi connectivity index (χ4v) is 7.32. The van der Waals surface area contributed by atoms with E-state index in [1.807, 2.05) is 53.4 Å². The van der Waals surface area contributed by atoms with Gasteiger partial charge in [-0.2, -0.15) is 0 Å². The third-order valence-electron chi connectivity index (χ3n) is 8.26. The first-order valence-electron chi connectivity index (χ1n) is 11.9. The van der Waals surface area contributed by atoms with Crippen LogP contribution in [0.5, 0.6) is 0 Å². The van der Waals surface area contributed by atoms with Crippen LogP contribution in [0.3, 0.4) is 0 Å². The van der Waals surface area contributed by atoms with Gasteiger partial charge in [0.2, 0.25) is 5.91 Å². The lowest BCUT2D eigenvalue weighted by Crippen LogP contribution is -2.57. The van der Waals surface area contributed by atoms with Crippen molar-refractivity contribution in [1.82, 2.24) is 4.90 Å². The Balaban J connectivity index is 1.23. The van der Waals surface area contributed by atoms with Gasteiger partial charge < -0.3 is 10.2 Å². The number of rotatable bonds is 4. The first kappa shape index (κ1) is 20.0. The number of fused-ring (bicyclic) bond motifs is 1. The van der Waals surface area contributed by atoms with Gasteiger partial charge in [-0.25, -0.2) is 4.39 Å². The van der Waals surface area contributed by atoms with Crippen LogP contribution in [0.4, 0.5) is 10.1 Å². The summed E-state index contributed by atoms with van der Waals surface area (Å²) in [5.41, 5.74) is 1.66. The Morgan fingerprint density at radius 2 is 1.78 bits per heavy atom. The average Bonchev–Trinajstić information content (AvgIpc) is 2.75. The molecular weight excluding hydrogens is 403 g/mol. The summed E-state index contributed by atoms with van der Waals surface area (Å²) in [6, 6.07) is 15.6. The molecule has 4 nitrogen and oxygen atoms in total. The van der Waals surface area contributed by atoms with Crippen molar-refractivity contribution in [3.05, 3.63) is 65.2 Å². The van der Waals surface area contributed by atoms with Crippen molar-refractivity contribution in [2.45, 2.75) is 57.2 Å². The van der Waals surface area contributed by atoms with Gasteiger partial charge in [0, 0.05) is 24.3 Å². The first-order chi connectivity index (χ1) is 15.4. The van der Waals surface area contributed by atoms with Crippen LogP contribution in [0.15, 0.2) is 48.5 Å². The predicted octanol–water partition coefficient (Wildman–Crippen LogP) is 5.13. The molecule has 2 atom stereocenters. The molecule has 2 unspecified atom stereocenters. The number of halogens is 1. The molecule has 4 fully saturated rings. The summed E-state index contributed by atoms with van der Waals surface area (Å²) < 4.78 is 15.3. The molecule has 5 heteroatoms. The second kappa shape index (κ2) is 7.16. The molecule has 0 aromatic heterocycles. The van der Waals surface area contributed by atoms with Gasteiger partial charge in [-0.15, -0.1) is 0 Å². The van der Waals surface area contributed by atoms with Crippen molar-refractivity contribution in [2.24, 2.45) is 17.3 Å². The van der Waals surface area contributed by atoms with Crippen LogP contribution in [0.2, 0.25) is 0 Å². The molecule has 2 amide bonds. The zero-order chi connectivity index (χ0) is 21.9. The van der Waals surface area contributed by atoms with E-state index in [0.717, 1.165) is 36.1 Å². The van der Waals surface area contributed by atoms with E-state index in [4.69, 9.17) is 0 Å². The number of hydrogen-bond donors (Lipinski definition) is 1. The van der Waals surface area contributed by atoms with Gasteiger partial charge in [-0.05, 0) is 80.0 Å². The molecule has 2 aromatic carbocycles. The smallest absolute Gasteiger partial charge is 0.254 e. The van der Waals surface area contributed by atoms with E-state index in [1.165, 1.54) is 0 Å². The Hall–Kier alpha value is -2.69. The van der Waals surface area contributed by atoms with Crippen molar-refractivity contribution >= 4 is 17.5 Å². The van der Waals surface area contributed by atoms with Gasteiger partial charge in [0.05, 0.1) is 5.41 Å². The molecular formula is C27H29FN2O2. The van der Waals surface area contributed by atoms with Gasteiger partial charge in [-0.1, -0.05) is 36.4 Å². The fourth-order valence-electron chi connectivity index (χ4n) is 7.32. The van der Waals surface area contributed by atoms with Crippen LogP contribution < -0.4 is 5.32 Å². The molecule has 4 aliphatic carbocycles. The second-order valence-corrected chi connectivity index (χ2v) is 10.6. The molecule has 1 heterocycles. The summed E-state index contributed by atoms with van der Waals surface area (Å²) in [5.74, 6) is 0.638. The van der Waals surface area contributed by atoms with Crippen molar-refractivity contribution in [3.8, 4) is 0 Å². The number of benzene rings is 2. The average molecular weight is 433 g/mol. The SMILES string of the molecule is O=C1c2cccc(NC(=O)C34CC5CC(CC(F)(C5)C3)C4)c2CCN1Cc1ccccc1. The fraction of sp³-hybridized carbons (Fsp3) is 0.481. The number of carbonyl (C=O) groups excluding carboxylic acids is 2. The molecule has 0 spiro atoms. The van der Waals surface area contributed by atoms with E-state index in [2.05, 4.69) is 5.32 Å². The number of amides is 2. The summed E-state index contributed by atoms with van der Waals surface area (Å²) in [4.78, 5) is 28.6. The molecule has 2 aromatic rings. The van der Waals surface area contributed by atoms with Gasteiger partial charge in [0.15, 0.2) is 0 Å². The normalized spacial score (nSPS) is 32.7. The quantitative estimate of drug-likeness (QED) is 0.728. The lowest BCUT2D eigenvalue weighted by Gasteiger charge is -2.58. The first-order valence-corrected chi connectivity index (χ1v) is 11.9. The Morgan fingerprint density at radius 1 is 1.03 bits per heavy atom. The van der Waals surface area contributed by atoms with E-state index < -0.39 is 11.1 Å². The number of anilines is 1. The third kappa shape index (κ3) is 3.25. The third-order valence-corrected chi connectivity index (χ3v) is 8.26. The lowest BCUT2D eigenvalue weighted by atomic mass is 9.48. The molecule has 1 aliphatic heterocycles. The largest absolute Gasteiger partial charge is 0.334 e. The van der Waals surface area contributed by atoms with Crippen LogP contribution in [0.25, 0.3) is 0 Å². The molecule has 4 saturated carbocycles. The minimum atomic E-state index is -1.16. The highest BCUT2D eigenvalue weighted by Crippen LogP contribution is 2.63. The summed E-state index contributed by atoms with van der Waals surface area (Å²) in [6.45, 7) is 1.21. The molecule has 4 bridgehead atoms. The molecule has 1 N–H and O–H groups in total. The van der Waals surface area contributed by atoms with Crippen LogP contribution in [0.1, 0.15) is 60.0 Å². The second-order valence-electron chi connectivity index (χ2n) is 10.6. The van der Waals surface area contributed by atoms with Crippen LogP contribution in [-0.4, -0.2) is 28.9 Å². The molecule has 0 saturated heterocycles. The van der Waals surface area contributed by atoms with Crippen molar-refractivity contribution in [2.75, 3.05) is 11.9 Å². The minimum absolute atomic E-state index is 0.00344. The number of nitrogens with zero attached hydrogens (tertiary/aromatic N) is 1. The molecule has 166 valence electrons. The lowest BCUT2D eigenvalue weighted by molar-refractivity contribution is -0.155. The Kier molecular flexibility index (Phi) is 4.46. The van der Waals surface area contributed by atoms with E-state index in [1.54, 1.807) is 0 Å². The molecule has 32 heavy (non-hydrogen) atoms. The standard InChI is InChI=1S/C27H29FN2O2/c28-27-14-19-11-20(15-27)13-26(12-19,17-27)25(32)29-23-8-4-7-22-21(23)9-10-30(24(22)31)16-18-5-2-1-3-6-18/h1-8,19-20H,9-17H2,(H,29,32). The number of carbonyl (C=O) groups is 2. The highest BCUT2D eigenvalue weighted by Gasteiger charge is 2.61. The van der Waals surface area contributed by atoms with E-state index >= 15 is 4.39 Å². The summed E-state index contributed by atoms with van der Waals surface area (Å²) in [6.07, 6.45) is 5.01. The Bertz CT molecular complexity index is 1070. The zero-order valence-corrected chi connectivity index (χ0v) is 18.3. The highest BCUT2D eigenvalue weighted by atomic mass is 19.1. The number of alkyl halides is 1. The monoisotopic (exact) mass is 432 g/mol. The maximum absolute atomic E-state index is 15.3. The zero-order valence-electron chi connectivity index (χ0n) is 18.3. The van der Waals surface area contributed by atoms with Crippen molar-refractivity contribution in [3.63, 3.8) is 0 Å². The van der Waals surface area contributed by atoms with Gasteiger partial charge >= 0.3 is 0 Å². The van der Waals surface area contributed by atoms with Crippen molar-refractivity contribution < 1.29 is 14.0 Å².